The number of nitrogens with two attached hydrogens (primary N) is 1. The summed E-state index contributed by atoms with van der Waals surface area (Å²) in [6, 6.07) is 3.18. The molecule has 1 amide bonds. The zero-order valence-corrected chi connectivity index (χ0v) is 14.5. The number of halogens is 1. The van der Waals surface area contributed by atoms with Gasteiger partial charge in [0.2, 0.25) is 5.91 Å². The van der Waals surface area contributed by atoms with Gasteiger partial charge in [-0.3, -0.25) is 9.48 Å². The number of nitrogens with zero attached hydrogens (tertiary/aromatic N) is 4. The Bertz CT molecular complexity index is 911. The van der Waals surface area contributed by atoms with E-state index in [4.69, 9.17) is 5.73 Å². The quantitative estimate of drug-likeness (QED) is 0.854. The Morgan fingerprint density at radius 2 is 2.15 bits per heavy atom. The number of carbonyl (C=O) groups is 1. The second-order valence-electron chi connectivity index (χ2n) is 7.27. The molecule has 1 aromatic carbocycles. The summed E-state index contributed by atoms with van der Waals surface area (Å²) in [5.41, 5.74) is 7.17. The SMILES string of the molecule is Cn1cc(-c2ccc(C(N)=O)c(C3CN(C#N)CC3C3CC3)c2F)cn1. The van der Waals surface area contributed by atoms with E-state index in [1.54, 1.807) is 41.2 Å². The van der Waals surface area contributed by atoms with Crippen LogP contribution in [0.25, 0.3) is 11.1 Å². The number of aromatic nitrogens is 2. The first-order valence-electron chi connectivity index (χ1n) is 8.75. The van der Waals surface area contributed by atoms with Crippen LogP contribution in [-0.4, -0.2) is 33.7 Å². The van der Waals surface area contributed by atoms with Crippen LogP contribution in [0.15, 0.2) is 24.5 Å². The molecule has 2 atom stereocenters. The predicted molar refractivity (Wildman–Crippen MR) is 93.3 cm³/mol. The van der Waals surface area contributed by atoms with Gasteiger partial charge in [-0.1, -0.05) is 6.07 Å². The van der Waals surface area contributed by atoms with E-state index in [0.29, 0.717) is 35.7 Å². The van der Waals surface area contributed by atoms with E-state index in [0.717, 1.165) is 12.8 Å². The van der Waals surface area contributed by atoms with Crippen molar-refractivity contribution in [2.45, 2.75) is 18.8 Å². The topological polar surface area (TPSA) is 87.9 Å². The molecule has 0 bridgehead atoms. The van der Waals surface area contributed by atoms with Gasteiger partial charge in [-0.05, 0) is 30.7 Å². The van der Waals surface area contributed by atoms with E-state index < -0.39 is 11.7 Å². The monoisotopic (exact) mass is 353 g/mol. The number of amides is 1. The lowest BCUT2D eigenvalue weighted by atomic mass is 9.81. The average molecular weight is 353 g/mol. The fourth-order valence-corrected chi connectivity index (χ4v) is 4.17. The molecule has 1 aliphatic heterocycles. The van der Waals surface area contributed by atoms with Crippen LogP contribution < -0.4 is 5.73 Å². The van der Waals surface area contributed by atoms with Gasteiger partial charge in [-0.15, -0.1) is 0 Å². The van der Waals surface area contributed by atoms with E-state index in [-0.39, 0.29) is 17.4 Å². The largest absolute Gasteiger partial charge is 0.366 e. The minimum atomic E-state index is -0.637. The minimum absolute atomic E-state index is 0.173. The molecule has 0 spiro atoms. The number of likely N-dealkylation sites (tertiary alicyclic amines) is 1. The molecule has 2 heterocycles. The lowest BCUT2D eigenvalue weighted by Crippen LogP contribution is -2.22. The highest BCUT2D eigenvalue weighted by Gasteiger charge is 2.45. The molecule has 1 aliphatic carbocycles. The van der Waals surface area contributed by atoms with Crippen LogP contribution in [0.4, 0.5) is 4.39 Å². The lowest BCUT2D eigenvalue weighted by molar-refractivity contribution is 0.0998. The second kappa shape index (κ2) is 6.13. The molecule has 1 saturated carbocycles. The standard InChI is InChI=1S/C19H20FN5O/c1-24-7-12(6-23-24)13-4-5-14(19(22)26)17(18(13)20)16-9-25(10-21)8-15(16)11-2-3-11/h4-7,11,15-16H,2-3,8-9H2,1H3,(H2,22,26). The van der Waals surface area contributed by atoms with Crippen molar-refractivity contribution in [3.8, 4) is 17.3 Å². The molecule has 0 radical (unpaired) electrons. The number of nitriles is 1. The highest BCUT2D eigenvalue weighted by Crippen LogP contribution is 2.49. The molecule has 2 aromatic rings. The molecule has 2 aliphatic rings. The maximum atomic E-state index is 15.6. The molecule has 2 fully saturated rings. The van der Waals surface area contributed by atoms with E-state index in [1.807, 2.05) is 0 Å². The Morgan fingerprint density at radius 3 is 2.73 bits per heavy atom. The molecular weight excluding hydrogens is 333 g/mol. The fourth-order valence-electron chi connectivity index (χ4n) is 4.17. The predicted octanol–water partition coefficient (Wildman–Crippen LogP) is 2.23. The average Bonchev–Trinajstić information content (AvgIpc) is 3.23. The summed E-state index contributed by atoms with van der Waals surface area (Å²) >= 11 is 0. The van der Waals surface area contributed by atoms with Gasteiger partial charge in [-0.2, -0.15) is 10.4 Å². The van der Waals surface area contributed by atoms with Crippen LogP contribution in [0.1, 0.15) is 34.7 Å². The molecule has 4 rings (SSSR count). The van der Waals surface area contributed by atoms with Crippen molar-refractivity contribution >= 4 is 5.91 Å². The van der Waals surface area contributed by atoms with Gasteiger partial charge in [0.25, 0.3) is 0 Å². The normalized spacial score (nSPS) is 22.4. The molecule has 26 heavy (non-hydrogen) atoms. The first-order chi connectivity index (χ1) is 12.5. The first-order valence-corrected chi connectivity index (χ1v) is 8.75. The third-order valence-corrected chi connectivity index (χ3v) is 5.57. The van der Waals surface area contributed by atoms with Crippen molar-refractivity contribution in [1.29, 1.82) is 5.26 Å². The van der Waals surface area contributed by atoms with Gasteiger partial charge in [0.05, 0.1) is 6.20 Å². The molecule has 2 N–H and O–H groups in total. The summed E-state index contributed by atoms with van der Waals surface area (Å²) in [7, 11) is 1.77. The summed E-state index contributed by atoms with van der Waals surface area (Å²) in [6.07, 6.45) is 7.70. The number of benzene rings is 1. The second-order valence-corrected chi connectivity index (χ2v) is 7.27. The van der Waals surface area contributed by atoms with Crippen LogP contribution in [0.2, 0.25) is 0 Å². The summed E-state index contributed by atoms with van der Waals surface area (Å²) in [4.78, 5) is 13.6. The van der Waals surface area contributed by atoms with Crippen molar-refractivity contribution < 1.29 is 9.18 Å². The molecule has 2 unspecified atom stereocenters. The van der Waals surface area contributed by atoms with Crippen molar-refractivity contribution in [1.82, 2.24) is 14.7 Å². The van der Waals surface area contributed by atoms with Gasteiger partial charge in [0.1, 0.15) is 5.82 Å². The number of aryl methyl sites for hydroxylation is 1. The zero-order chi connectivity index (χ0) is 18.4. The number of rotatable bonds is 4. The van der Waals surface area contributed by atoms with Crippen LogP contribution in [0.5, 0.6) is 0 Å². The number of hydrogen-bond acceptors (Lipinski definition) is 4. The third-order valence-electron chi connectivity index (χ3n) is 5.57. The maximum absolute atomic E-state index is 15.6. The van der Waals surface area contributed by atoms with Gasteiger partial charge >= 0.3 is 0 Å². The molecule has 1 saturated heterocycles. The molecule has 1 aromatic heterocycles. The van der Waals surface area contributed by atoms with E-state index >= 15 is 4.39 Å². The van der Waals surface area contributed by atoms with Crippen LogP contribution in [0, 0.1) is 29.1 Å². The third kappa shape index (κ3) is 2.71. The smallest absolute Gasteiger partial charge is 0.249 e. The van der Waals surface area contributed by atoms with Crippen molar-refractivity contribution in [2.75, 3.05) is 13.1 Å². The summed E-state index contributed by atoms with van der Waals surface area (Å²) in [6.45, 7) is 1.03. The molecular formula is C19H20FN5O. The van der Waals surface area contributed by atoms with E-state index in [1.165, 1.54) is 0 Å². The fraction of sp³-hybridized carbons (Fsp3) is 0.421. The van der Waals surface area contributed by atoms with Crippen molar-refractivity contribution in [3.05, 3.63) is 41.5 Å². The van der Waals surface area contributed by atoms with E-state index in [9.17, 15) is 10.1 Å². The van der Waals surface area contributed by atoms with Gasteiger partial charge in [-0.25, -0.2) is 4.39 Å². The Kier molecular flexibility index (Phi) is 3.91. The van der Waals surface area contributed by atoms with Crippen molar-refractivity contribution in [3.63, 3.8) is 0 Å². The number of hydrogen-bond donors (Lipinski definition) is 1. The number of primary amides is 1. The highest BCUT2D eigenvalue weighted by atomic mass is 19.1. The van der Waals surface area contributed by atoms with Crippen molar-refractivity contribution in [2.24, 2.45) is 24.6 Å². The maximum Gasteiger partial charge on any atom is 0.249 e. The molecule has 134 valence electrons. The summed E-state index contributed by atoms with van der Waals surface area (Å²) in [5.74, 6) is -0.612. The Morgan fingerprint density at radius 1 is 1.38 bits per heavy atom. The summed E-state index contributed by atoms with van der Waals surface area (Å²) < 4.78 is 17.2. The Hall–Kier alpha value is -2.88. The minimum Gasteiger partial charge on any atom is -0.366 e. The first kappa shape index (κ1) is 16.6. The van der Waals surface area contributed by atoms with Crippen LogP contribution in [-0.2, 0) is 7.05 Å². The van der Waals surface area contributed by atoms with Gasteiger partial charge in [0.15, 0.2) is 6.19 Å². The van der Waals surface area contributed by atoms with E-state index in [2.05, 4.69) is 11.3 Å². The molecule has 7 heteroatoms. The van der Waals surface area contributed by atoms with Gasteiger partial charge in [0, 0.05) is 54.5 Å². The number of carbonyl (C=O) groups excluding carboxylic acids is 1. The van der Waals surface area contributed by atoms with Crippen LogP contribution in [0.3, 0.4) is 0 Å². The Labute approximate surface area is 151 Å². The zero-order valence-electron chi connectivity index (χ0n) is 14.5. The van der Waals surface area contributed by atoms with Crippen LogP contribution >= 0.6 is 0 Å². The Balaban J connectivity index is 1.85. The lowest BCUT2D eigenvalue weighted by Gasteiger charge is -2.22. The summed E-state index contributed by atoms with van der Waals surface area (Å²) in [5, 5.41) is 13.4. The molecule has 6 nitrogen and oxygen atoms in total. The highest BCUT2D eigenvalue weighted by molar-refractivity contribution is 5.95. The van der Waals surface area contributed by atoms with Gasteiger partial charge < -0.3 is 10.6 Å².